The number of nitrogens with one attached hydrogen (secondary N) is 1. The normalized spacial score (nSPS) is 16.7. The quantitative estimate of drug-likeness (QED) is 0.746. The molecule has 6 nitrogen and oxygen atoms in total. The van der Waals surface area contributed by atoms with Gasteiger partial charge in [-0.25, -0.2) is 8.42 Å². The molecule has 0 unspecified atom stereocenters. The molecule has 0 aliphatic carbocycles. The monoisotopic (exact) mass is 351 g/mol. The number of sulfonamides is 1. The summed E-state index contributed by atoms with van der Waals surface area (Å²) in [5.41, 5.74) is 1.74. The minimum absolute atomic E-state index is 0.111. The van der Waals surface area contributed by atoms with E-state index in [9.17, 15) is 13.2 Å². The molecule has 0 spiro atoms. The second-order valence-corrected chi connectivity index (χ2v) is 8.03. The van der Waals surface area contributed by atoms with E-state index in [0.717, 1.165) is 25.2 Å². The lowest BCUT2D eigenvalue weighted by Gasteiger charge is -2.33. The molecule has 7 heteroatoms. The Morgan fingerprint density at radius 2 is 1.83 bits per heavy atom. The Bertz CT molecular complexity index is 663. The summed E-state index contributed by atoms with van der Waals surface area (Å²) in [6, 6.07) is 7.51. The standard InChI is InChI=1S/C17H25N3O3S/c1-3-9-18-17(21)16-7-5-15(6-8-16)14-19-10-12-20(13-11-19)24(22,23)4-2/h3,5-8H,1,4,9-14H2,2H3,(H,18,21). The molecule has 1 aromatic carbocycles. The second-order valence-electron chi connectivity index (χ2n) is 5.77. The molecule has 0 radical (unpaired) electrons. The van der Waals surface area contributed by atoms with Gasteiger partial charge in [-0.05, 0) is 24.6 Å². The van der Waals surface area contributed by atoms with E-state index in [4.69, 9.17) is 0 Å². The number of carbonyl (C=O) groups excluding carboxylic acids is 1. The van der Waals surface area contributed by atoms with Crippen molar-refractivity contribution in [1.82, 2.24) is 14.5 Å². The number of carbonyl (C=O) groups is 1. The first-order valence-electron chi connectivity index (χ1n) is 8.14. The second kappa shape index (κ2) is 8.41. The number of rotatable bonds is 7. The molecule has 0 aromatic heterocycles. The molecule has 1 heterocycles. The van der Waals surface area contributed by atoms with E-state index in [1.807, 2.05) is 24.3 Å². The summed E-state index contributed by atoms with van der Waals surface area (Å²) in [6.07, 6.45) is 1.64. The predicted molar refractivity (Wildman–Crippen MR) is 95.3 cm³/mol. The van der Waals surface area contributed by atoms with Gasteiger partial charge in [-0.2, -0.15) is 4.31 Å². The van der Waals surface area contributed by atoms with Crippen LogP contribution in [-0.4, -0.2) is 62.0 Å². The molecule has 1 N–H and O–H groups in total. The number of hydrogen-bond acceptors (Lipinski definition) is 4. The van der Waals surface area contributed by atoms with Gasteiger partial charge >= 0.3 is 0 Å². The van der Waals surface area contributed by atoms with Gasteiger partial charge in [0, 0.05) is 44.8 Å². The van der Waals surface area contributed by atoms with Gasteiger partial charge in [-0.3, -0.25) is 9.69 Å². The Kier molecular flexibility index (Phi) is 6.53. The van der Waals surface area contributed by atoms with E-state index >= 15 is 0 Å². The van der Waals surface area contributed by atoms with Crippen LogP contribution in [0.5, 0.6) is 0 Å². The summed E-state index contributed by atoms with van der Waals surface area (Å²) in [4.78, 5) is 14.1. The molecule has 0 atom stereocenters. The maximum absolute atomic E-state index is 11.9. The third kappa shape index (κ3) is 4.90. The average Bonchev–Trinajstić information content (AvgIpc) is 2.60. The highest BCUT2D eigenvalue weighted by Crippen LogP contribution is 2.12. The van der Waals surface area contributed by atoms with E-state index in [0.29, 0.717) is 25.2 Å². The van der Waals surface area contributed by atoms with Crippen LogP contribution >= 0.6 is 0 Å². The fraction of sp³-hybridized carbons (Fsp3) is 0.471. The summed E-state index contributed by atoms with van der Waals surface area (Å²) >= 11 is 0. The molecule has 1 aromatic rings. The van der Waals surface area contributed by atoms with Crippen LogP contribution in [-0.2, 0) is 16.6 Å². The van der Waals surface area contributed by atoms with Gasteiger partial charge in [-0.15, -0.1) is 6.58 Å². The van der Waals surface area contributed by atoms with Crippen LogP contribution in [0.2, 0.25) is 0 Å². The first-order valence-corrected chi connectivity index (χ1v) is 9.75. The van der Waals surface area contributed by atoms with Gasteiger partial charge in [0.1, 0.15) is 0 Å². The number of hydrogen-bond donors (Lipinski definition) is 1. The number of piperazine rings is 1. The van der Waals surface area contributed by atoms with Crippen LogP contribution in [0, 0.1) is 0 Å². The zero-order valence-corrected chi connectivity index (χ0v) is 14.9. The molecule has 0 bridgehead atoms. The largest absolute Gasteiger partial charge is 0.349 e. The van der Waals surface area contributed by atoms with Crippen molar-refractivity contribution in [3.63, 3.8) is 0 Å². The van der Waals surface area contributed by atoms with Crippen LogP contribution in [0.3, 0.4) is 0 Å². The van der Waals surface area contributed by atoms with Crippen LogP contribution in [0.25, 0.3) is 0 Å². The first-order chi connectivity index (χ1) is 11.5. The Morgan fingerprint density at radius 1 is 1.21 bits per heavy atom. The van der Waals surface area contributed by atoms with Crippen molar-refractivity contribution in [2.45, 2.75) is 13.5 Å². The SMILES string of the molecule is C=CCNC(=O)c1ccc(CN2CCN(S(=O)(=O)CC)CC2)cc1. The average molecular weight is 351 g/mol. The Labute approximate surface area is 144 Å². The molecule has 1 saturated heterocycles. The highest BCUT2D eigenvalue weighted by Gasteiger charge is 2.25. The maximum atomic E-state index is 11.9. The molecule has 1 aliphatic heterocycles. The van der Waals surface area contributed by atoms with Crippen LogP contribution in [0.1, 0.15) is 22.8 Å². The van der Waals surface area contributed by atoms with Gasteiger partial charge in [0.2, 0.25) is 10.0 Å². The van der Waals surface area contributed by atoms with Crippen LogP contribution in [0.15, 0.2) is 36.9 Å². The number of nitrogens with zero attached hydrogens (tertiary/aromatic N) is 2. The summed E-state index contributed by atoms with van der Waals surface area (Å²) in [5, 5.41) is 2.74. The summed E-state index contributed by atoms with van der Waals surface area (Å²) < 4.78 is 25.3. The Morgan fingerprint density at radius 3 is 2.38 bits per heavy atom. The van der Waals surface area contributed by atoms with Crippen molar-refractivity contribution in [1.29, 1.82) is 0 Å². The zero-order valence-electron chi connectivity index (χ0n) is 14.1. The van der Waals surface area contributed by atoms with Crippen LogP contribution < -0.4 is 5.32 Å². The highest BCUT2D eigenvalue weighted by molar-refractivity contribution is 7.89. The van der Waals surface area contributed by atoms with Crippen molar-refractivity contribution >= 4 is 15.9 Å². The fourth-order valence-corrected chi connectivity index (χ4v) is 3.72. The van der Waals surface area contributed by atoms with Gasteiger partial charge in [0.05, 0.1) is 5.75 Å². The van der Waals surface area contributed by atoms with Crippen molar-refractivity contribution in [2.75, 3.05) is 38.5 Å². The van der Waals surface area contributed by atoms with Gasteiger partial charge < -0.3 is 5.32 Å². The van der Waals surface area contributed by atoms with Gasteiger partial charge in [0.25, 0.3) is 5.91 Å². The summed E-state index contributed by atoms with van der Waals surface area (Å²) in [7, 11) is -3.09. The maximum Gasteiger partial charge on any atom is 0.251 e. The third-order valence-corrected chi connectivity index (χ3v) is 6.00. The molecule has 0 saturated carbocycles. The Hall–Kier alpha value is -1.70. The number of benzene rings is 1. The molecule has 1 amide bonds. The van der Waals surface area contributed by atoms with Gasteiger partial charge in [0.15, 0.2) is 0 Å². The molecule has 132 valence electrons. The Balaban J connectivity index is 1.87. The lowest BCUT2D eigenvalue weighted by atomic mass is 10.1. The molecule has 1 aliphatic rings. The number of amides is 1. The highest BCUT2D eigenvalue weighted by atomic mass is 32.2. The molecular formula is C17H25N3O3S. The minimum atomic E-state index is -3.09. The van der Waals surface area contributed by atoms with E-state index in [1.54, 1.807) is 17.3 Å². The van der Waals surface area contributed by atoms with Crippen LogP contribution in [0.4, 0.5) is 0 Å². The molecule has 1 fully saturated rings. The molecule has 2 rings (SSSR count). The molecule has 24 heavy (non-hydrogen) atoms. The van der Waals surface area contributed by atoms with E-state index < -0.39 is 10.0 Å². The summed E-state index contributed by atoms with van der Waals surface area (Å²) in [6.45, 7) is 8.98. The smallest absolute Gasteiger partial charge is 0.251 e. The lowest BCUT2D eigenvalue weighted by Crippen LogP contribution is -2.48. The minimum Gasteiger partial charge on any atom is -0.349 e. The van der Waals surface area contributed by atoms with Crippen molar-refractivity contribution < 1.29 is 13.2 Å². The van der Waals surface area contributed by atoms with Gasteiger partial charge in [-0.1, -0.05) is 18.2 Å². The molecular weight excluding hydrogens is 326 g/mol. The third-order valence-electron chi connectivity index (χ3n) is 4.12. The predicted octanol–water partition coefficient (Wildman–Crippen LogP) is 1.07. The zero-order chi connectivity index (χ0) is 17.6. The van der Waals surface area contributed by atoms with E-state index in [1.165, 1.54) is 0 Å². The topological polar surface area (TPSA) is 69.7 Å². The summed E-state index contributed by atoms with van der Waals surface area (Å²) in [5.74, 6) is 0.0439. The lowest BCUT2D eigenvalue weighted by molar-refractivity contribution is 0.0958. The van der Waals surface area contributed by atoms with E-state index in [-0.39, 0.29) is 11.7 Å². The van der Waals surface area contributed by atoms with Crippen molar-refractivity contribution in [2.24, 2.45) is 0 Å². The van der Waals surface area contributed by atoms with Crippen molar-refractivity contribution in [3.05, 3.63) is 48.0 Å². The fourth-order valence-electron chi connectivity index (χ4n) is 2.64. The van der Waals surface area contributed by atoms with Crippen molar-refractivity contribution in [3.8, 4) is 0 Å². The van der Waals surface area contributed by atoms with E-state index in [2.05, 4.69) is 16.8 Å². The first kappa shape index (κ1) is 18.6.